The molecule has 2 amide bonds. The fraction of sp³-hybridized carbons (Fsp3) is 0.429. The molecule has 4 saturated heterocycles. The Morgan fingerprint density at radius 1 is 0.722 bits per heavy atom. The maximum absolute atomic E-state index is 11.9. The summed E-state index contributed by atoms with van der Waals surface area (Å²) in [5, 5.41) is 7.35. The normalized spacial score (nSPS) is 23.6. The number of ether oxygens (including phenoxy) is 2. The van der Waals surface area contributed by atoms with Crippen LogP contribution in [0.1, 0.15) is 66.4 Å². The molecule has 2 spiro atoms. The van der Waals surface area contributed by atoms with Crippen molar-refractivity contribution < 1.29 is 19.1 Å². The highest BCUT2D eigenvalue weighted by Gasteiger charge is 2.52. The molecule has 10 rings (SSSR count). The van der Waals surface area contributed by atoms with E-state index in [2.05, 4.69) is 32.6 Å². The molecule has 4 fully saturated rings. The van der Waals surface area contributed by atoms with E-state index in [0.29, 0.717) is 34.6 Å². The van der Waals surface area contributed by atoms with Crippen LogP contribution in [0.4, 0.5) is 0 Å². The molecule has 2 aromatic heterocycles. The minimum atomic E-state index is -0.0755. The van der Waals surface area contributed by atoms with Crippen molar-refractivity contribution in [2.75, 3.05) is 46.9 Å². The van der Waals surface area contributed by atoms with Crippen molar-refractivity contribution in [1.29, 1.82) is 0 Å². The number of amides is 2. The van der Waals surface area contributed by atoms with Crippen molar-refractivity contribution in [3.8, 4) is 45.4 Å². The Morgan fingerprint density at radius 3 is 1.70 bits per heavy atom. The third-order valence-electron chi connectivity index (χ3n) is 12.9. The molecular weight excluding hydrogens is 723 g/mol. The largest absolute Gasteiger partial charge is 0.481 e. The van der Waals surface area contributed by atoms with Crippen LogP contribution in [0.25, 0.3) is 33.6 Å². The first-order valence-corrected chi connectivity index (χ1v) is 19.7. The lowest BCUT2D eigenvalue weighted by Crippen LogP contribution is -2.67. The average Bonchev–Trinajstić information content (AvgIpc) is 3.95. The van der Waals surface area contributed by atoms with Gasteiger partial charge in [0, 0.05) is 96.4 Å². The molecule has 0 bridgehead atoms. The van der Waals surface area contributed by atoms with E-state index in [1.807, 2.05) is 36.4 Å². The fourth-order valence-corrected chi connectivity index (χ4v) is 11.0. The first-order valence-electron chi connectivity index (χ1n) is 19.0. The molecule has 12 heteroatoms. The molecular formula is C42H42Cl2N6O4. The van der Waals surface area contributed by atoms with Gasteiger partial charge in [0.25, 0.3) is 0 Å². The number of halogens is 2. The number of methoxy groups -OCH3 is 2. The molecule has 4 aliphatic heterocycles. The highest BCUT2D eigenvalue weighted by molar-refractivity contribution is 6.39. The van der Waals surface area contributed by atoms with Crippen LogP contribution in [0.15, 0.2) is 48.5 Å². The van der Waals surface area contributed by atoms with Crippen molar-refractivity contribution in [1.82, 2.24) is 30.4 Å². The van der Waals surface area contributed by atoms with Crippen molar-refractivity contribution in [2.45, 2.75) is 62.6 Å². The van der Waals surface area contributed by atoms with Gasteiger partial charge in [-0.1, -0.05) is 59.6 Å². The first kappa shape index (κ1) is 34.3. The van der Waals surface area contributed by atoms with Gasteiger partial charge in [0.1, 0.15) is 0 Å². The molecule has 54 heavy (non-hydrogen) atoms. The predicted molar refractivity (Wildman–Crippen MR) is 207 cm³/mol. The summed E-state index contributed by atoms with van der Waals surface area (Å²) in [6, 6.07) is 16.7. The number of aryl methyl sites for hydroxylation is 2. The zero-order chi connectivity index (χ0) is 36.9. The maximum Gasteiger partial charge on any atom is 0.220 e. The summed E-state index contributed by atoms with van der Waals surface area (Å²) in [5.41, 5.74) is 9.49. The van der Waals surface area contributed by atoms with E-state index in [0.717, 1.165) is 110 Å². The Kier molecular flexibility index (Phi) is 8.04. The van der Waals surface area contributed by atoms with E-state index in [4.69, 9.17) is 42.6 Å². The molecule has 2 N–H and O–H groups in total. The number of hydrogen-bond donors (Lipinski definition) is 2. The highest BCUT2D eigenvalue weighted by Crippen LogP contribution is 2.51. The number of aromatic nitrogens is 2. The van der Waals surface area contributed by atoms with Gasteiger partial charge in [-0.25, -0.2) is 9.97 Å². The van der Waals surface area contributed by atoms with Crippen LogP contribution in [0, 0.1) is 5.41 Å². The molecule has 4 aromatic rings. The average molecular weight is 766 g/mol. The van der Waals surface area contributed by atoms with Gasteiger partial charge < -0.3 is 20.1 Å². The van der Waals surface area contributed by atoms with E-state index >= 15 is 0 Å². The monoisotopic (exact) mass is 764 g/mol. The highest BCUT2D eigenvalue weighted by atomic mass is 35.5. The zero-order valence-electron chi connectivity index (χ0n) is 30.4. The van der Waals surface area contributed by atoms with E-state index in [-0.39, 0.29) is 34.9 Å². The Hall–Kier alpha value is -4.22. The van der Waals surface area contributed by atoms with Crippen molar-refractivity contribution in [2.24, 2.45) is 5.41 Å². The van der Waals surface area contributed by atoms with Gasteiger partial charge in [-0.15, -0.1) is 0 Å². The second-order valence-electron chi connectivity index (χ2n) is 16.2. The van der Waals surface area contributed by atoms with Gasteiger partial charge in [-0.3, -0.25) is 19.4 Å². The molecule has 6 aliphatic rings. The second-order valence-corrected chi connectivity index (χ2v) is 17.0. The number of fused-ring (bicyclic) bond motifs is 2. The summed E-state index contributed by atoms with van der Waals surface area (Å²) in [7, 11) is 3.36. The molecule has 2 aromatic carbocycles. The fourth-order valence-electron chi connectivity index (χ4n) is 10.3. The molecule has 0 unspecified atom stereocenters. The summed E-state index contributed by atoms with van der Waals surface area (Å²) in [4.78, 5) is 38.9. The van der Waals surface area contributed by atoms with E-state index in [1.165, 1.54) is 11.1 Å². The Labute approximate surface area is 324 Å². The van der Waals surface area contributed by atoms with Crippen molar-refractivity contribution >= 4 is 35.0 Å². The lowest BCUT2D eigenvalue weighted by Gasteiger charge is -2.50. The van der Waals surface area contributed by atoms with E-state index in [1.54, 1.807) is 14.2 Å². The topological polar surface area (TPSA) is 109 Å². The standard InChI is InChI=1S/C42H42Cl2N6O4/c1-53-39-35-23(9-11-31(35)49-19-41(20-49)17-34(52)45-18-41)15-29(46-39)27-7-3-5-25(37(27)43)26-6-4-8-28(38(26)44)30-16-24-10-12-32(36(24)40(47-30)54-2)50-21-42(22-50)14-13-33(51)48-42/h3-8,15-16,31-32H,9-14,17-22H2,1-2H3,(H,45,52)(H,48,51)/t31-,32-/m0/s1. The second kappa shape index (κ2) is 12.7. The number of hydrogen-bond acceptors (Lipinski definition) is 8. The number of likely N-dealkylation sites (tertiary alicyclic amines) is 2. The number of benzene rings is 2. The van der Waals surface area contributed by atoms with Crippen LogP contribution in [0.2, 0.25) is 10.0 Å². The quantitative estimate of drug-likeness (QED) is 0.218. The third kappa shape index (κ3) is 5.35. The van der Waals surface area contributed by atoms with Gasteiger partial charge in [0.15, 0.2) is 0 Å². The number of carbonyl (C=O) groups excluding carboxylic acids is 2. The Morgan fingerprint density at radius 2 is 1.24 bits per heavy atom. The minimum Gasteiger partial charge on any atom is -0.481 e. The number of pyridine rings is 2. The molecule has 0 saturated carbocycles. The summed E-state index contributed by atoms with van der Waals surface area (Å²) in [5.74, 6) is 1.57. The first-order chi connectivity index (χ1) is 26.2. The smallest absolute Gasteiger partial charge is 0.220 e. The van der Waals surface area contributed by atoms with E-state index < -0.39 is 0 Å². The summed E-state index contributed by atoms with van der Waals surface area (Å²) in [6.07, 6.45) is 5.95. The molecule has 278 valence electrons. The van der Waals surface area contributed by atoms with Gasteiger partial charge >= 0.3 is 0 Å². The maximum atomic E-state index is 11.9. The summed E-state index contributed by atoms with van der Waals surface area (Å²) in [6.45, 7) is 4.29. The van der Waals surface area contributed by atoms with Gasteiger partial charge in [-0.05, 0) is 55.4 Å². The lowest BCUT2D eigenvalue weighted by atomic mass is 9.77. The SMILES string of the molecule is COc1nc(-c2cccc(-c3cccc(-c4cc5c(c(OC)n4)[C@@H](N4CC6(CCC(=O)N6)C4)CC5)c3Cl)c2Cl)cc2c1[C@@H](N1CC3(CNC(=O)C3)C1)CC2. The number of rotatable bonds is 7. The van der Waals surface area contributed by atoms with Gasteiger partial charge in [0.05, 0.1) is 41.2 Å². The van der Waals surface area contributed by atoms with Crippen molar-refractivity contribution in [3.05, 3.63) is 80.8 Å². The predicted octanol–water partition coefficient (Wildman–Crippen LogP) is 6.56. The summed E-state index contributed by atoms with van der Waals surface area (Å²) >= 11 is 14.6. The minimum absolute atomic E-state index is 0.0633. The Bertz CT molecular complexity index is 2090. The van der Waals surface area contributed by atoms with Gasteiger partial charge in [-0.2, -0.15) is 0 Å². The Balaban J connectivity index is 0.937. The molecule has 2 aliphatic carbocycles. The zero-order valence-corrected chi connectivity index (χ0v) is 31.9. The molecule has 2 atom stereocenters. The summed E-state index contributed by atoms with van der Waals surface area (Å²) < 4.78 is 11.9. The number of nitrogens with zero attached hydrogens (tertiary/aromatic N) is 4. The lowest BCUT2D eigenvalue weighted by molar-refractivity contribution is -0.121. The van der Waals surface area contributed by atoms with Crippen LogP contribution < -0.4 is 20.1 Å². The molecule has 6 heterocycles. The number of nitrogens with one attached hydrogen (secondary N) is 2. The van der Waals surface area contributed by atoms with Crippen LogP contribution in [0.5, 0.6) is 11.8 Å². The van der Waals surface area contributed by atoms with Crippen LogP contribution in [-0.4, -0.2) is 84.1 Å². The van der Waals surface area contributed by atoms with E-state index in [9.17, 15) is 9.59 Å². The molecule has 0 radical (unpaired) electrons. The van der Waals surface area contributed by atoms with Crippen LogP contribution >= 0.6 is 23.2 Å². The number of carbonyl (C=O) groups is 2. The molecule has 10 nitrogen and oxygen atoms in total. The van der Waals surface area contributed by atoms with Crippen LogP contribution in [-0.2, 0) is 22.4 Å². The third-order valence-corrected chi connectivity index (χ3v) is 13.7. The van der Waals surface area contributed by atoms with Crippen LogP contribution in [0.3, 0.4) is 0 Å². The van der Waals surface area contributed by atoms with Crippen molar-refractivity contribution in [3.63, 3.8) is 0 Å². The van der Waals surface area contributed by atoms with Gasteiger partial charge in [0.2, 0.25) is 23.6 Å².